The van der Waals surface area contributed by atoms with Crippen molar-refractivity contribution in [3.8, 4) is 0 Å². The van der Waals surface area contributed by atoms with Crippen LogP contribution in [0.4, 0.5) is 0 Å². The van der Waals surface area contributed by atoms with Gasteiger partial charge in [0.1, 0.15) is 12.3 Å². The Morgan fingerprint density at radius 3 is 2.15 bits per heavy atom. The van der Waals surface area contributed by atoms with E-state index in [0.717, 1.165) is 10.8 Å². The van der Waals surface area contributed by atoms with Gasteiger partial charge in [0.25, 0.3) is 21.2 Å². The molecule has 0 bridgehead atoms. The Hall–Kier alpha value is 3.74. The summed E-state index contributed by atoms with van der Waals surface area (Å²) in [7, 11) is -18.0. The van der Waals surface area contributed by atoms with Crippen molar-refractivity contribution >= 4 is 46.1 Å². The van der Waals surface area contributed by atoms with E-state index < -0.39 is 59.8 Å². The van der Waals surface area contributed by atoms with Gasteiger partial charge >= 0.3 is 124 Å². The van der Waals surface area contributed by atoms with Crippen LogP contribution in [-0.2, 0) is 31.6 Å². The molecule has 2 unspecified atom stereocenters. The molecule has 2 rings (SSSR count). The Kier molecular flexibility index (Phi) is 20.9. The maximum Gasteiger partial charge on any atom is 1.00 e. The number of aliphatic hydroxyl groups is 1. The number of aromatic amines is 1. The van der Waals surface area contributed by atoms with Crippen molar-refractivity contribution < 1.29 is 174 Å². The molecular formula is C9H10IN2Na4O14P3. The maximum absolute atomic E-state index is 11.8. The van der Waals surface area contributed by atoms with E-state index in [4.69, 9.17) is 4.74 Å². The summed E-state index contributed by atoms with van der Waals surface area (Å²) in [5.74, 6) is 0. The fraction of sp³-hybridized carbons (Fsp3) is 0.556. The van der Waals surface area contributed by atoms with Gasteiger partial charge in [-0.3, -0.25) is 27.8 Å². The zero-order valence-corrected chi connectivity index (χ0v) is 30.5. The van der Waals surface area contributed by atoms with E-state index in [-0.39, 0.29) is 128 Å². The van der Waals surface area contributed by atoms with Gasteiger partial charge in [0.2, 0.25) is 0 Å². The van der Waals surface area contributed by atoms with Gasteiger partial charge < -0.3 is 38.5 Å². The number of nitrogens with one attached hydrogen (secondary N) is 1. The number of aromatic nitrogens is 2. The van der Waals surface area contributed by atoms with E-state index in [2.05, 4.69) is 13.1 Å². The number of phosphoric acid groups is 3. The van der Waals surface area contributed by atoms with Crippen molar-refractivity contribution in [2.24, 2.45) is 0 Å². The zero-order valence-electron chi connectivity index (χ0n) is 17.6. The van der Waals surface area contributed by atoms with Crippen molar-refractivity contribution in [3.63, 3.8) is 0 Å². The van der Waals surface area contributed by atoms with Crippen LogP contribution in [0.25, 0.3) is 0 Å². The van der Waals surface area contributed by atoms with Gasteiger partial charge in [0, 0.05) is 12.6 Å². The standard InChI is InChI=1S/C9H14IN2O14P3.4Na/c10-4-2-12(9(15)11-8(4)14)7-1-5(13)6(24-7)3-23-28(19,20)26-29(21,22)25-27(16,17)18;;;;/h2,5-7,13H,1,3H2,(H,19,20)(H,21,22)(H,11,14,15)(H2,16,17,18);;;;/q;4*+1/p-4/t5-,6+,7+;;;;/m0..../s1. The number of rotatable bonds is 8. The number of halogens is 1. The third kappa shape index (κ3) is 14.1. The van der Waals surface area contributed by atoms with Crippen LogP contribution < -0.4 is 149 Å². The van der Waals surface area contributed by atoms with E-state index >= 15 is 0 Å². The van der Waals surface area contributed by atoms with Crippen LogP contribution in [-0.4, -0.2) is 33.5 Å². The van der Waals surface area contributed by atoms with Gasteiger partial charge in [-0.2, -0.15) is 0 Å². The predicted octanol–water partition coefficient (Wildman–Crippen LogP) is -15.4. The van der Waals surface area contributed by atoms with E-state index in [1.54, 1.807) is 22.6 Å². The first-order valence-corrected chi connectivity index (χ1v) is 12.6. The zero-order chi connectivity index (χ0) is 22.2. The SMILES string of the molecule is O=c1[nH]c(=O)n([C@H]2C[C@H](O)[C@@H](COP(=O)([O-])OP(=O)([O-])OP(=O)([O-])[O-])O2)cc1I.[Na+].[Na+].[Na+].[Na+]. The minimum Gasteiger partial charge on any atom is -0.790 e. The van der Waals surface area contributed by atoms with E-state index in [1.165, 1.54) is 0 Å². The average molecular weight is 682 g/mol. The number of nitrogens with zero attached hydrogens (tertiary/aromatic N) is 1. The number of H-pyrrole nitrogens is 1. The molecule has 0 aromatic carbocycles. The second kappa shape index (κ2) is 16.8. The molecule has 0 aliphatic carbocycles. The summed E-state index contributed by atoms with van der Waals surface area (Å²) in [5.41, 5.74) is -1.52. The van der Waals surface area contributed by atoms with Crippen LogP contribution >= 0.6 is 46.1 Å². The summed E-state index contributed by atoms with van der Waals surface area (Å²) in [4.78, 5) is 68.2. The maximum atomic E-state index is 11.8. The van der Waals surface area contributed by atoms with Gasteiger partial charge in [-0.25, -0.2) is 9.11 Å². The molecule has 1 fully saturated rings. The van der Waals surface area contributed by atoms with E-state index in [1.807, 2.05) is 4.98 Å². The second-order valence-corrected chi connectivity index (χ2v) is 10.8. The summed E-state index contributed by atoms with van der Waals surface area (Å²) in [6.07, 6.45) is -2.98. The Morgan fingerprint density at radius 2 is 1.64 bits per heavy atom. The van der Waals surface area contributed by atoms with Crippen molar-refractivity contribution in [1.29, 1.82) is 0 Å². The molecule has 166 valence electrons. The summed E-state index contributed by atoms with van der Waals surface area (Å²) >= 11 is 1.64. The van der Waals surface area contributed by atoms with Crippen molar-refractivity contribution in [3.05, 3.63) is 30.6 Å². The van der Waals surface area contributed by atoms with Gasteiger partial charge in [-0.1, -0.05) is 0 Å². The smallest absolute Gasteiger partial charge is 0.790 e. The summed E-state index contributed by atoms with van der Waals surface area (Å²) in [6, 6.07) is 0. The molecule has 5 atom stereocenters. The summed E-state index contributed by atoms with van der Waals surface area (Å²) in [6.45, 7) is -1.000. The Labute approximate surface area is 287 Å². The molecule has 0 saturated carbocycles. The summed E-state index contributed by atoms with van der Waals surface area (Å²) in [5, 5.41) is 9.93. The molecule has 1 aliphatic rings. The van der Waals surface area contributed by atoms with Crippen molar-refractivity contribution in [2.75, 3.05) is 6.61 Å². The first-order chi connectivity index (χ1) is 13.1. The molecule has 24 heteroatoms. The van der Waals surface area contributed by atoms with E-state index in [9.17, 15) is 48.0 Å². The monoisotopic (exact) mass is 682 g/mol. The molecular weight excluding hydrogens is 672 g/mol. The van der Waals surface area contributed by atoms with E-state index in [0.29, 0.717) is 0 Å². The topological polar surface area (TPSA) is 255 Å². The minimum atomic E-state index is -6.12. The quantitative estimate of drug-likeness (QED) is 0.147. The fourth-order valence-corrected chi connectivity index (χ4v) is 5.46. The Bertz CT molecular complexity index is 1030. The summed E-state index contributed by atoms with van der Waals surface area (Å²) < 4.78 is 49.7. The fourth-order valence-electron chi connectivity index (χ4n) is 2.16. The van der Waals surface area contributed by atoms with Crippen molar-refractivity contribution in [1.82, 2.24) is 9.55 Å². The predicted molar refractivity (Wildman–Crippen MR) is 89.5 cm³/mol. The minimum absolute atomic E-state index is 0. The van der Waals surface area contributed by atoms with Gasteiger partial charge in [-0.15, -0.1) is 0 Å². The molecule has 1 aromatic heterocycles. The number of aliphatic hydroxyl groups excluding tert-OH is 1. The molecule has 2 heterocycles. The van der Waals surface area contributed by atoms with Crippen LogP contribution in [0.5, 0.6) is 0 Å². The second-order valence-electron chi connectivity index (χ2n) is 5.38. The van der Waals surface area contributed by atoms with Crippen LogP contribution in [0.3, 0.4) is 0 Å². The molecule has 0 spiro atoms. The number of phosphoric ester groups is 1. The molecule has 1 saturated heterocycles. The van der Waals surface area contributed by atoms with Crippen LogP contribution in [0.1, 0.15) is 12.6 Å². The molecule has 1 aliphatic heterocycles. The molecule has 0 amide bonds. The molecule has 0 radical (unpaired) electrons. The normalized spacial score (nSPS) is 23.5. The number of hydrogen-bond donors (Lipinski definition) is 2. The molecule has 1 aromatic rings. The van der Waals surface area contributed by atoms with Crippen LogP contribution in [0, 0.1) is 3.57 Å². The molecule has 33 heavy (non-hydrogen) atoms. The molecule has 16 nitrogen and oxygen atoms in total. The van der Waals surface area contributed by atoms with Crippen LogP contribution in [0.15, 0.2) is 15.8 Å². The average Bonchev–Trinajstić information content (AvgIpc) is 2.86. The van der Waals surface area contributed by atoms with Gasteiger partial charge in [0.15, 0.2) is 0 Å². The first kappa shape index (κ1) is 41.2. The third-order valence-electron chi connectivity index (χ3n) is 3.24. The van der Waals surface area contributed by atoms with Gasteiger partial charge in [-0.05, 0) is 22.6 Å². The van der Waals surface area contributed by atoms with Crippen molar-refractivity contribution in [2.45, 2.75) is 24.9 Å². The van der Waals surface area contributed by atoms with Gasteiger partial charge in [0.05, 0.1) is 24.1 Å². The Morgan fingerprint density at radius 1 is 1.09 bits per heavy atom. The number of ether oxygens (including phenoxy) is 1. The largest absolute Gasteiger partial charge is 1.00 e. The number of hydrogen-bond acceptors (Lipinski definition) is 14. The Balaban J connectivity index is -0.00000225. The molecule has 2 N–H and O–H groups in total. The van der Waals surface area contributed by atoms with Crippen LogP contribution in [0.2, 0.25) is 0 Å². The third-order valence-corrected chi connectivity index (χ3v) is 7.67. The first-order valence-electron chi connectivity index (χ1n) is 7.14.